The van der Waals surface area contributed by atoms with E-state index in [4.69, 9.17) is 5.73 Å². The zero-order valence-electron chi connectivity index (χ0n) is 12.2. The molecule has 2 N–H and O–H groups in total. The monoisotopic (exact) mass is 284 g/mol. The second-order valence-electron chi connectivity index (χ2n) is 4.94. The molecule has 1 rings (SSSR count). The SMILES string of the molecule is CCC(C)CN(CC)S(=O)(=O)c1cccc(N)c1C. The number of anilines is 1. The molecular formula is C14H24N2O2S. The molecule has 0 radical (unpaired) electrons. The highest BCUT2D eigenvalue weighted by atomic mass is 32.2. The molecule has 4 nitrogen and oxygen atoms in total. The van der Waals surface area contributed by atoms with E-state index in [1.165, 1.54) is 4.31 Å². The van der Waals surface area contributed by atoms with E-state index in [2.05, 4.69) is 13.8 Å². The highest BCUT2D eigenvalue weighted by molar-refractivity contribution is 7.89. The molecule has 1 atom stereocenters. The summed E-state index contributed by atoms with van der Waals surface area (Å²) in [4.78, 5) is 0.317. The molecule has 0 bridgehead atoms. The number of nitrogen functional groups attached to an aromatic ring is 1. The quantitative estimate of drug-likeness (QED) is 0.817. The molecule has 5 heteroatoms. The third kappa shape index (κ3) is 3.48. The molecule has 0 amide bonds. The molecule has 0 fully saturated rings. The molecule has 1 aromatic carbocycles. The Kier molecular flexibility index (Phi) is 5.38. The van der Waals surface area contributed by atoms with Gasteiger partial charge in [-0.05, 0) is 30.5 Å². The number of nitrogens with two attached hydrogens (primary N) is 1. The second-order valence-corrected chi connectivity index (χ2v) is 6.85. The Balaban J connectivity index is 3.17. The van der Waals surface area contributed by atoms with Gasteiger partial charge in [-0.25, -0.2) is 8.42 Å². The highest BCUT2D eigenvalue weighted by Gasteiger charge is 2.26. The van der Waals surface area contributed by atoms with E-state index in [0.29, 0.717) is 35.2 Å². The van der Waals surface area contributed by atoms with Gasteiger partial charge in [-0.2, -0.15) is 4.31 Å². The van der Waals surface area contributed by atoms with Crippen LogP contribution in [0.3, 0.4) is 0 Å². The fraction of sp³-hybridized carbons (Fsp3) is 0.571. The average molecular weight is 284 g/mol. The molecule has 0 aromatic heterocycles. The van der Waals surface area contributed by atoms with E-state index < -0.39 is 10.0 Å². The van der Waals surface area contributed by atoms with E-state index >= 15 is 0 Å². The van der Waals surface area contributed by atoms with Crippen molar-refractivity contribution in [3.8, 4) is 0 Å². The van der Waals surface area contributed by atoms with E-state index in [-0.39, 0.29) is 0 Å². The smallest absolute Gasteiger partial charge is 0.243 e. The summed E-state index contributed by atoms with van der Waals surface area (Å²) in [7, 11) is -3.46. The van der Waals surface area contributed by atoms with Crippen LogP contribution in [0.2, 0.25) is 0 Å². The fourth-order valence-corrected chi connectivity index (χ4v) is 3.75. The maximum Gasteiger partial charge on any atom is 0.243 e. The number of rotatable bonds is 6. The van der Waals surface area contributed by atoms with Crippen LogP contribution in [0.25, 0.3) is 0 Å². The van der Waals surface area contributed by atoms with E-state index in [9.17, 15) is 8.42 Å². The lowest BCUT2D eigenvalue weighted by atomic mass is 10.1. The van der Waals surface area contributed by atoms with Gasteiger partial charge in [-0.3, -0.25) is 0 Å². The van der Waals surface area contributed by atoms with Crippen molar-refractivity contribution in [3.05, 3.63) is 23.8 Å². The van der Waals surface area contributed by atoms with Crippen LogP contribution in [-0.2, 0) is 10.0 Å². The van der Waals surface area contributed by atoms with Crippen LogP contribution in [0.5, 0.6) is 0 Å². The van der Waals surface area contributed by atoms with Crippen molar-refractivity contribution in [3.63, 3.8) is 0 Å². The first kappa shape index (κ1) is 16.0. The fourth-order valence-electron chi connectivity index (χ4n) is 1.92. The minimum atomic E-state index is -3.46. The van der Waals surface area contributed by atoms with Crippen LogP contribution >= 0.6 is 0 Å². The lowest BCUT2D eigenvalue weighted by molar-refractivity contribution is 0.361. The maximum atomic E-state index is 12.7. The van der Waals surface area contributed by atoms with Gasteiger partial charge in [0, 0.05) is 18.8 Å². The van der Waals surface area contributed by atoms with Gasteiger partial charge in [-0.1, -0.05) is 33.3 Å². The molecule has 0 aliphatic rings. The van der Waals surface area contributed by atoms with Gasteiger partial charge in [0.2, 0.25) is 10.0 Å². The molecule has 0 spiro atoms. The Morgan fingerprint density at radius 1 is 1.32 bits per heavy atom. The van der Waals surface area contributed by atoms with E-state index in [1.54, 1.807) is 25.1 Å². The summed E-state index contributed by atoms with van der Waals surface area (Å²) in [5, 5.41) is 0. The second kappa shape index (κ2) is 6.39. The van der Waals surface area contributed by atoms with Crippen molar-refractivity contribution in [2.45, 2.75) is 39.0 Å². The first-order valence-corrected chi connectivity index (χ1v) is 8.13. The summed E-state index contributed by atoms with van der Waals surface area (Å²) in [6, 6.07) is 5.03. The van der Waals surface area contributed by atoms with Gasteiger partial charge < -0.3 is 5.73 Å². The summed E-state index contributed by atoms with van der Waals surface area (Å²) in [6.45, 7) is 8.76. The van der Waals surface area contributed by atoms with Gasteiger partial charge in [0.25, 0.3) is 0 Å². The Bertz CT molecular complexity index is 526. The van der Waals surface area contributed by atoms with Crippen molar-refractivity contribution in [1.82, 2.24) is 4.31 Å². The maximum absolute atomic E-state index is 12.7. The van der Waals surface area contributed by atoms with Crippen LogP contribution in [-0.4, -0.2) is 25.8 Å². The standard InChI is InChI=1S/C14H24N2O2S/c1-5-11(3)10-16(6-2)19(17,18)14-9-7-8-13(15)12(14)4/h7-9,11H,5-6,10,15H2,1-4H3. The van der Waals surface area contributed by atoms with Crippen molar-refractivity contribution < 1.29 is 8.42 Å². The Morgan fingerprint density at radius 3 is 2.47 bits per heavy atom. The molecule has 0 aliphatic heterocycles. The lowest BCUT2D eigenvalue weighted by Gasteiger charge is -2.24. The number of nitrogens with zero attached hydrogens (tertiary/aromatic N) is 1. The molecule has 0 saturated heterocycles. The molecule has 1 unspecified atom stereocenters. The highest BCUT2D eigenvalue weighted by Crippen LogP contribution is 2.24. The Hall–Kier alpha value is -1.07. The third-order valence-electron chi connectivity index (χ3n) is 3.51. The zero-order valence-corrected chi connectivity index (χ0v) is 13.0. The minimum Gasteiger partial charge on any atom is -0.398 e. The van der Waals surface area contributed by atoms with E-state index in [0.717, 1.165) is 6.42 Å². The first-order chi connectivity index (χ1) is 8.84. The molecule has 108 valence electrons. The van der Waals surface area contributed by atoms with Crippen molar-refractivity contribution >= 4 is 15.7 Å². The predicted molar refractivity (Wildman–Crippen MR) is 79.5 cm³/mol. The average Bonchev–Trinajstić information content (AvgIpc) is 2.38. The van der Waals surface area contributed by atoms with Crippen molar-refractivity contribution in [2.24, 2.45) is 5.92 Å². The normalized spacial score (nSPS) is 13.7. The summed E-state index contributed by atoms with van der Waals surface area (Å²) in [5.74, 6) is 0.344. The number of sulfonamides is 1. The number of hydrogen-bond acceptors (Lipinski definition) is 3. The van der Waals surface area contributed by atoms with Crippen molar-refractivity contribution in [1.29, 1.82) is 0 Å². The third-order valence-corrected chi connectivity index (χ3v) is 5.59. The summed E-state index contributed by atoms with van der Waals surface area (Å²) < 4.78 is 26.8. The Morgan fingerprint density at radius 2 is 1.95 bits per heavy atom. The number of benzene rings is 1. The van der Waals surface area contributed by atoms with Crippen LogP contribution < -0.4 is 5.73 Å². The zero-order chi connectivity index (χ0) is 14.6. The van der Waals surface area contributed by atoms with Crippen LogP contribution in [0.1, 0.15) is 32.8 Å². The topological polar surface area (TPSA) is 63.4 Å². The van der Waals surface area contributed by atoms with Gasteiger partial charge in [0.1, 0.15) is 0 Å². The molecule has 1 aromatic rings. The van der Waals surface area contributed by atoms with Gasteiger partial charge in [0.05, 0.1) is 4.90 Å². The van der Waals surface area contributed by atoms with E-state index in [1.807, 2.05) is 6.92 Å². The summed E-state index contributed by atoms with van der Waals surface area (Å²) >= 11 is 0. The van der Waals surface area contributed by atoms with Crippen LogP contribution in [0.15, 0.2) is 23.1 Å². The largest absolute Gasteiger partial charge is 0.398 e. The minimum absolute atomic E-state index is 0.317. The molecule has 0 heterocycles. The van der Waals surface area contributed by atoms with Crippen LogP contribution in [0, 0.1) is 12.8 Å². The summed E-state index contributed by atoms with van der Waals surface area (Å²) in [6.07, 6.45) is 0.960. The van der Waals surface area contributed by atoms with Gasteiger partial charge >= 0.3 is 0 Å². The van der Waals surface area contributed by atoms with Gasteiger partial charge in [-0.15, -0.1) is 0 Å². The van der Waals surface area contributed by atoms with Crippen LogP contribution in [0.4, 0.5) is 5.69 Å². The number of hydrogen-bond donors (Lipinski definition) is 1. The summed E-state index contributed by atoms with van der Waals surface area (Å²) in [5.41, 5.74) is 6.95. The molecule has 19 heavy (non-hydrogen) atoms. The Labute approximate surface area is 116 Å². The lowest BCUT2D eigenvalue weighted by Crippen LogP contribution is -2.35. The molecule has 0 aliphatic carbocycles. The van der Waals surface area contributed by atoms with Gasteiger partial charge in [0.15, 0.2) is 0 Å². The molecule has 0 saturated carbocycles. The molecular weight excluding hydrogens is 260 g/mol. The first-order valence-electron chi connectivity index (χ1n) is 6.69. The predicted octanol–water partition coefficient (Wildman–Crippen LogP) is 2.63. The van der Waals surface area contributed by atoms with Crippen molar-refractivity contribution in [2.75, 3.05) is 18.8 Å².